The molecule has 0 saturated heterocycles. The number of aliphatic hydroxyl groups excluding tert-OH is 2. The molecular weight excluding hydrogens is 224 g/mol. The van der Waals surface area contributed by atoms with E-state index in [0.717, 1.165) is 32.7 Å². The quantitative estimate of drug-likeness (QED) is 0.589. The van der Waals surface area contributed by atoms with Gasteiger partial charge in [-0.15, -0.1) is 0 Å². The molecule has 0 fully saturated rings. The summed E-state index contributed by atoms with van der Waals surface area (Å²) in [6.45, 7) is 0. The molecule has 1 aliphatic rings. The van der Waals surface area contributed by atoms with Gasteiger partial charge in [0, 0.05) is 0 Å². The van der Waals surface area contributed by atoms with Crippen LogP contribution in [0.25, 0.3) is 21.5 Å². The van der Waals surface area contributed by atoms with Gasteiger partial charge in [0.25, 0.3) is 0 Å². The minimum absolute atomic E-state index is 0.823. The standard InChI is InChI=1S/C16H12O2/c17-15-11-5-1-3-9-7-8-10-4-2-6-12(16(15)18)14(10)13(9)11/h1-8,15-18H. The zero-order valence-corrected chi connectivity index (χ0v) is 9.67. The summed E-state index contributed by atoms with van der Waals surface area (Å²) in [7, 11) is 0. The highest BCUT2D eigenvalue weighted by Gasteiger charge is 2.29. The van der Waals surface area contributed by atoms with Crippen molar-refractivity contribution in [2.45, 2.75) is 12.2 Å². The molecule has 1 aliphatic carbocycles. The van der Waals surface area contributed by atoms with E-state index >= 15 is 0 Å². The summed E-state index contributed by atoms with van der Waals surface area (Å²) in [5.74, 6) is 0. The fraction of sp³-hybridized carbons (Fsp3) is 0.125. The monoisotopic (exact) mass is 236 g/mol. The summed E-state index contributed by atoms with van der Waals surface area (Å²) in [5.41, 5.74) is 1.65. The topological polar surface area (TPSA) is 40.5 Å². The first-order chi connectivity index (χ1) is 8.77. The minimum atomic E-state index is -0.839. The van der Waals surface area contributed by atoms with Gasteiger partial charge in [-0.05, 0) is 32.7 Å². The fourth-order valence-corrected chi connectivity index (χ4v) is 3.05. The van der Waals surface area contributed by atoms with Crippen LogP contribution in [-0.4, -0.2) is 10.2 Å². The van der Waals surface area contributed by atoms with Gasteiger partial charge in [-0.1, -0.05) is 48.5 Å². The van der Waals surface area contributed by atoms with Gasteiger partial charge < -0.3 is 10.2 Å². The maximum Gasteiger partial charge on any atom is 0.110 e. The maximum absolute atomic E-state index is 10.2. The van der Waals surface area contributed by atoms with E-state index in [1.54, 1.807) is 0 Å². The molecule has 0 aromatic heterocycles. The third-order valence-corrected chi connectivity index (χ3v) is 3.89. The molecule has 3 aromatic rings. The Morgan fingerprint density at radius 2 is 1.06 bits per heavy atom. The second-order valence-electron chi connectivity index (χ2n) is 4.85. The van der Waals surface area contributed by atoms with E-state index in [2.05, 4.69) is 12.1 Å². The van der Waals surface area contributed by atoms with Gasteiger partial charge in [-0.25, -0.2) is 0 Å². The molecule has 2 nitrogen and oxygen atoms in total. The van der Waals surface area contributed by atoms with Crippen LogP contribution >= 0.6 is 0 Å². The predicted molar refractivity (Wildman–Crippen MR) is 71.4 cm³/mol. The lowest BCUT2D eigenvalue weighted by Crippen LogP contribution is -2.15. The van der Waals surface area contributed by atoms with Gasteiger partial charge in [0.2, 0.25) is 0 Å². The first-order valence-electron chi connectivity index (χ1n) is 6.08. The number of hydrogen-bond donors (Lipinski definition) is 2. The van der Waals surface area contributed by atoms with Crippen LogP contribution in [0, 0.1) is 0 Å². The highest BCUT2D eigenvalue weighted by Crippen LogP contribution is 2.44. The lowest BCUT2D eigenvalue weighted by atomic mass is 9.83. The van der Waals surface area contributed by atoms with Crippen LogP contribution in [0.4, 0.5) is 0 Å². The molecule has 88 valence electrons. The number of rotatable bonds is 0. The van der Waals surface area contributed by atoms with E-state index in [1.807, 2.05) is 36.4 Å². The predicted octanol–water partition coefficient (Wildman–Crippen LogP) is 3.07. The average molecular weight is 236 g/mol. The van der Waals surface area contributed by atoms with Crippen molar-refractivity contribution in [1.82, 2.24) is 0 Å². The average Bonchev–Trinajstić information content (AvgIpc) is 2.43. The van der Waals surface area contributed by atoms with Crippen molar-refractivity contribution < 1.29 is 10.2 Å². The van der Waals surface area contributed by atoms with Crippen LogP contribution in [0.15, 0.2) is 48.5 Å². The third-order valence-electron chi connectivity index (χ3n) is 3.89. The summed E-state index contributed by atoms with van der Waals surface area (Å²) in [5, 5.41) is 24.8. The van der Waals surface area contributed by atoms with Crippen LogP contribution in [0.1, 0.15) is 23.3 Å². The normalized spacial score (nSPS) is 21.9. The molecule has 3 aromatic carbocycles. The molecule has 18 heavy (non-hydrogen) atoms. The number of hydrogen-bond acceptors (Lipinski definition) is 2. The maximum atomic E-state index is 10.2. The Bertz CT molecular complexity index is 710. The SMILES string of the molecule is OC1c2cccc3ccc4cccc(c4c23)C1O. The van der Waals surface area contributed by atoms with Gasteiger partial charge in [-0.3, -0.25) is 0 Å². The van der Waals surface area contributed by atoms with Crippen molar-refractivity contribution in [3.05, 3.63) is 59.7 Å². The highest BCUT2D eigenvalue weighted by molar-refractivity contribution is 6.12. The van der Waals surface area contributed by atoms with Crippen molar-refractivity contribution in [2.75, 3.05) is 0 Å². The van der Waals surface area contributed by atoms with Crippen LogP contribution in [-0.2, 0) is 0 Å². The largest absolute Gasteiger partial charge is 0.385 e. The van der Waals surface area contributed by atoms with E-state index in [9.17, 15) is 10.2 Å². The molecule has 4 rings (SSSR count). The molecule has 2 heteroatoms. The molecule has 0 bridgehead atoms. The Morgan fingerprint density at radius 1 is 0.611 bits per heavy atom. The molecular formula is C16H12O2. The Kier molecular flexibility index (Phi) is 1.85. The van der Waals surface area contributed by atoms with Gasteiger partial charge in [-0.2, -0.15) is 0 Å². The molecule has 2 unspecified atom stereocenters. The van der Waals surface area contributed by atoms with E-state index in [4.69, 9.17) is 0 Å². The minimum Gasteiger partial charge on any atom is -0.385 e. The Balaban J connectivity index is 2.36. The summed E-state index contributed by atoms with van der Waals surface area (Å²) < 4.78 is 0. The highest BCUT2D eigenvalue weighted by atomic mass is 16.3. The van der Waals surface area contributed by atoms with Crippen LogP contribution in [0.5, 0.6) is 0 Å². The van der Waals surface area contributed by atoms with E-state index in [1.165, 1.54) is 0 Å². The van der Waals surface area contributed by atoms with Crippen LogP contribution in [0.3, 0.4) is 0 Å². The van der Waals surface area contributed by atoms with E-state index in [0.29, 0.717) is 0 Å². The summed E-state index contributed by atoms with van der Waals surface area (Å²) >= 11 is 0. The first-order valence-corrected chi connectivity index (χ1v) is 6.08. The van der Waals surface area contributed by atoms with Gasteiger partial charge >= 0.3 is 0 Å². The lowest BCUT2D eigenvalue weighted by Gasteiger charge is -2.27. The van der Waals surface area contributed by atoms with Crippen LogP contribution < -0.4 is 0 Å². The first kappa shape index (κ1) is 10.1. The molecule has 0 heterocycles. The molecule has 0 saturated carbocycles. The van der Waals surface area contributed by atoms with Crippen LogP contribution in [0.2, 0.25) is 0 Å². The van der Waals surface area contributed by atoms with E-state index < -0.39 is 12.2 Å². The van der Waals surface area contributed by atoms with Gasteiger partial charge in [0.1, 0.15) is 12.2 Å². The smallest absolute Gasteiger partial charge is 0.110 e. The van der Waals surface area contributed by atoms with Gasteiger partial charge in [0.15, 0.2) is 0 Å². The molecule has 0 spiro atoms. The zero-order chi connectivity index (χ0) is 12.3. The van der Waals surface area contributed by atoms with Crippen molar-refractivity contribution in [1.29, 1.82) is 0 Å². The van der Waals surface area contributed by atoms with Crippen molar-refractivity contribution in [2.24, 2.45) is 0 Å². The second kappa shape index (κ2) is 3.31. The zero-order valence-electron chi connectivity index (χ0n) is 9.67. The van der Waals surface area contributed by atoms with Crippen molar-refractivity contribution in [3.63, 3.8) is 0 Å². The van der Waals surface area contributed by atoms with Gasteiger partial charge in [0.05, 0.1) is 0 Å². The Morgan fingerprint density at radius 3 is 1.50 bits per heavy atom. The van der Waals surface area contributed by atoms with E-state index in [-0.39, 0.29) is 0 Å². The molecule has 0 aliphatic heterocycles. The molecule has 2 atom stereocenters. The summed E-state index contributed by atoms with van der Waals surface area (Å²) in [4.78, 5) is 0. The Hall–Kier alpha value is -1.90. The third kappa shape index (κ3) is 1.09. The second-order valence-corrected chi connectivity index (χ2v) is 4.85. The van der Waals surface area contributed by atoms with Crippen molar-refractivity contribution >= 4 is 21.5 Å². The summed E-state index contributed by atoms with van der Waals surface area (Å²) in [6.07, 6.45) is -1.68. The number of aliphatic hydroxyl groups is 2. The lowest BCUT2D eigenvalue weighted by molar-refractivity contribution is 0.0178. The molecule has 2 N–H and O–H groups in total. The fourth-order valence-electron chi connectivity index (χ4n) is 3.05. The Labute approximate surface area is 104 Å². The summed E-state index contributed by atoms with van der Waals surface area (Å²) in [6, 6.07) is 15.8. The molecule has 0 amide bonds. The van der Waals surface area contributed by atoms with Crippen molar-refractivity contribution in [3.8, 4) is 0 Å². The molecule has 0 radical (unpaired) electrons. The number of benzene rings is 3.